The van der Waals surface area contributed by atoms with Crippen molar-refractivity contribution in [1.82, 2.24) is 15.0 Å². The first-order valence-electron chi connectivity index (χ1n) is 4.55. The van der Waals surface area contributed by atoms with Crippen LogP contribution in [0.5, 0.6) is 0 Å². The number of ether oxygens (including phenoxy) is 1. The number of carbonyl (C=O) groups excluding carboxylic acids is 1. The lowest BCUT2D eigenvalue weighted by Crippen LogP contribution is -2.09. The highest BCUT2D eigenvalue weighted by molar-refractivity contribution is 5.88. The maximum absolute atomic E-state index is 11.3. The van der Waals surface area contributed by atoms with Crippen molar-refractivity contribution in [2.45, 2.75) is 6.92 Å². The first-order chi connectivity index (χ1) is 7.31. The molecule has 0 aliphatic heterocycles. The van der Waals surface area contributed by atoms with Crippen molar-refractivity contribution in [3.05, 3.63) is 30.5 Å². The van der Waals surface area contributed by atoms with Crippen LogP contribution in [0.4, 0.5) is 0 Å². The fourth-order valence-corrected chi connectivity index (χ4v) is 1.17. The highest BCUT2D eigenvalue weighted by Gasteiger charge is 2.10. The number of esters is 1. The second-order valence-corrected chi connectivity index (χ2v) is 2.85. The molecule has 5 nitrogen and oxygen atoms in total. The molecule has 0 bridgehead atoms. The summed E-state index contributed by atoms with van der Waals surface area (Å²) in [6.07, 6.45) is 4.81. The van der Waals surface area contributed by atoms with E-state index in [1.54, 1.807) is 31.6 Å². The van der Waals surface area contributed by atoms with Crippen LogP contribution in [0.15, 0.2) is 24.7 Å². The largest absolute Gasteiger partial charge is 0.460 e. The number of hydrogen-bond acceptors (Lipinski definition) is 5. The molecule has 0 atom stereocenters. The van der Waals surface area contributed by atoms with Crippen LogP contribution in [-0.2, 0) is 4.74 Å². The SMILES string of the molecule is CCOC(=O)c1ncc2ccncc2n1. The van der Waals surface area contributed by atoms with Gasteiger partial charge in [-0.2, -0.15) is 0 Å². The van der Waals surface area contributed by atoms with Gasteiger partial charge in [0.2, 0.25) is 5.82 Å². The number of fused-ring (bicyclic) bond motifs is 1. The summed E-state index contributed by atoms with van der Waals surface area (Å²) in [7, 11) is 0. The number of carbonyl (C=O) groups is 1. The Hall–Kier alpha value is -2.04. The molecule has 0 aromatic carbocycles. The predicted octanol–water partition coefficient (Wildman–Crippen LogP) is 1.20. The van der Waals surface area contributed by atoms with Crippen molar-refractivity contribution >= 4 is 16.9 Å². The van der Waals surface area contributed by atoms with Gasteiger partial charge in [-0.3, -0.25) is 4.98 Å². The van der Waals surface area contributed by atoms with Crippen molar-refractivity contribution < 1.29 is 9.53 Å². The third-order valence-electron chi connectivity index (χ3n) is 1.84. The smallest absolute Gasteiger partial charge is 0.376 e. The molecule has 5 heteroatoms. The average molecular weight is 203 g/mol. The zero-order chi connectivity index (χ0) is 10.7. The van der Waals surface area contributed by atoms with E-state index in [9.17, 15) is 4.79 Å². The summed E-state index contributed by atoms with van der Waals surface area (Å²) in [5.74, 6) is -0.444. The van der Waals surface area contributed by atoms with Gasteiger partial charge >= 0.3 is 5.97 Å². The fraction of sp³-hybridized carbons (Fsp3) is 0.200. The Kier molecular flexibility index (Phi) is 2.53. The Morgan fingerprint density at radius 2 is 2.33 bits per heavy atom. The number of pyridine rings is 1. The maximum Gasteiger partial charge on any atom is 0.376 e. The average Bonchev–Trinajstić information content (AvgIpc) is 2.29. The molecule has 15 heavy (non-hydrogen) atoms. The van der Waals surface area contributed by atoms with Crippen molar-refractivity contribution in [2.75, 3.05) is 6.61 Å². The predicted molar refractivity (Wildman–Crippen MR) is 53.3 cm³/mol. The van der Waals surface area contributed by atoms with Crippen molar-refractivity contribution in [3.8, 4) is 0 Å². The monoisotopic (exact) mass is 203 g/mol. The minimum atomic E-state index is -0.511. The molecule has 2 aromatic heterocycles. The van der Waals surface area contributed by atoms with E-state index in [1.165, 1.54) is 0 Å². The number of rotatable bonds is 2. The number of nitrogens with zero attached hydrogens (tertiary/aromatic N) is 3. The minimum absolute atomic E-state index is 0.0670. The van der Waals surface area contributed by atoms with Crippen LogP contribution in [0.1, 0.15) is 17.5 Å². The molecule has 2 heterocycles. The summed E-state index contributed by atoms with van der Waals surface area (Å²) in [5.41, 5.74) is 0.635. The molecule has 0 N–H and O–H groups in total. The Morgan fingerprint density at radius 3 is 3.13 bits per heavy atom. The van der Waals surface area contributed by atoms with Crippen LogP contribution >= 0.6 is 0 Å². The Bertz CT molecular complexity index is 499. The van der Waals surface area contributed by atoms with E-state index in [4.69, 9.17) is 4.74 Å². The second-order valence-electron chi connectivity index (χ2n) is 2.85. The minimum Gasteiger partial charge on any atom is -0.460 e. The van der Waals surface area contributed by atoms with Crippen LogP contribution in [0.2, 0.25) is 0 Å². The second kappa shape index (κ2) is 4.00. The van der Waals surface area contributed by atoms with Gasteiger partial charge in [0.15, 0.2) is 0 Å². The lowest BCUT2D eigenvalue weighted by molar-refractivity contribution is 0.0512. The quantitative estimate of drug-likeness (QED) is 0.686. The van der Waals surface area contributed by atoms with E-state index in [1.807, 2.05) is 0 Å². The van der Waals surface area contributed by atoms with Crippen molar-refractivity contribution in [2.24, 2.45) is 0 Å². The molecule has 2 rings (SSSR count). The van der Waals surface area contributed by atoms with Crippen molar-refractivity contribution in [1.29, 1.82) is 0 Å². The van der Waals surface area contributed by atoms with Crippen LogP contribution in [0.3, 0.4) is 0 Å². The molecule has 0 aliphatic carbocycles. The van der Waals surface area contributed by atoms with Gasteiger partial charge in [0.05, 0.1) is 18.3 Å². The fourth-order valence-electron chi connectivity index (χ4n) is 1.17. The molecule has 0 radical (unpaired) electrons. The van der Waals surface area contributed by atoms with Gasteiger partial charge in [-0.05, 0) is 13.0 Å². The topological polar surface area (TPSA) is 65.0 Å². The van der Waals surface area contributed by atoms with Gasteiger partial charge in [0.1, 0.15) is 0 Å². The van der Waals surface area contributed by atoms with E-state index in [0.29, 0.717) is 12.1 Å². The van der Waals surface area contributed by atoms with E-state index >= 15 is 0 Å². The first-order valence-corrected chi connectivity index (χ1v) is 4.55. The molecule has 0 fully saturated rings. The summed E-state index contributed by atoms with van der Waals surface area (Å²) in [6, 6.07) is 1.78. The Balaban J connectivity index is 2.42. The van der Waals surface area contributed by atoms with Gasteiger partial charge in [-0.15, -0.1) is 0 Å². The van der Waals surface area contributed by atoms with Gasteiger partial charge in [-0.1, -0.05) is 0 Å². The highest BCUT2D eigenvalue weighted by atomic mass is 16.5. The van der Waals surface area contributed by atoms with Gasteiger partial charge in [-0.25, -0.2) is 14.8 Å². The van der Waals surface area contributed by atoms with Crippen LogP contribution in [0.25, 0.3) is 10.9 Å². The number of hydrogen-bond donors (Lipinski definition) is 0. The molecule has 76 valence electrons. The van der Waals surface area contributed by atoms with Gasteiger partial charge in [0, 0.05) is 17.8 Å². The van der Waals surface area contributed by atoms with Crippen molar-refractivity contribution in [3.63, 3.8) is 0 Å². The lowest BCUT2D eigenvalue weighted by atomic mass is 10.3. The van der Waals surface area contributed by atoms with Crippen LogP contribution in [0, 0.1) is 0 Å². The molecule has 2 aromatic rings. The molecule has 0 unspecified atom stereocenters. The van der Waals surface area contributed by atoms with E-state index in [-0.39, 0.29) is 5.82 Å². The summed E-state index contributed by atoms with van der Waals surface area (Å²) >= 11 is 0. The summed E-state index contributed by atoms with van der Waals surface area (Å²) < 4.78 is 4.79. The molecule has 0 saturated carbocycles. The highest BCUT2D eigenvalue weighted by Crippen LogP contribution is 2.08. The molecule has 0 saturated heterocycles. The van der Waals surface area contributed by atoms with Gasteiger partial charge < -0.3 is 4.74 Å². The van der Waals surface area contributed by atoms with E-state index < -0.39 is 5.97 Å². The lowest BCUT2D eigenvalue weighted by Gasteiger charge is -2.00. The van der Waals surface area contributed by atoms with Gasteiger partial charge in [0.25, 0.3) is 0 Å². The van der Waals surface area contributed by atoms with E-state index in [0.717, 1.165) is 5.39 Å². The molecular formula is C10H9N3O2. The van der Waals surface area contributed by atoms with Crippen LogP contribution in [-0.4, -0.2) is 27.5 Å². The Labute approximate surface area is 86.1 Å². The normalized spacial score (nSPS) is 10.2. The Morgan fingerprint density at radius 1 is 1.47 bits per heavy atom. The zero-order valence-corrected chi connectivity index (χ0v) is 8.17. The maximum atomic E-state index is 11.3. The molecule has 0 amide bonds. The third-order valence-corrected chi connectivity index (χ3v) is 1.84. The number of aromatic nitrogens is 3. The molecular weight excluding hydrogens is 194 g/mol. The zero-order valence-electron chi connectivity index (χ0n) is 8.17. The molecule has 0 spiro atoms. The summed E-state index contributed by atoms with van der Waals surface area (Å²) in [4.78, 5) is 23.2. The standard InChI is InChI=1S/C10H9N3O2/c1-2-15-10(14)9-12-5-7-3-4-11-6-8(7)13-9/h3-6H,2H2,1H3. The van der Waals surface area contributed by atoms with E-state index in [2.05, 4.69) is 15.0 Å². The molecule has 0 aliphatic rings. The van der Waals surface area contributed by atoms with Crippen LogP contribution < -0.4 is 0 Å². The summed E-state index contributed by atoms with van der Waals surface area (Å²) in [6.45, 7) is 2.05. The first kappa shape index (κ1) is 9.51. The third kappa shape index (κ3) is 1.90. The summed E-state index contributed by atoms with van der Waals surface area (Å²) in [5, 5.41) is 0.845.